The van der Waals surface area contributed by atoms with Gasteiger partial charge in [-0.1, -0.05) is 30.3 Å². The molecule has 1 N–H and O–H groups in total. The fraction of sp³-hybridized carbons (Fsp3) is 0.710. The third-order valence-corrected chi connectivity index (χ3v) is 11.8. The van der Waals surface area contributed by atoms with E-state index in [1.807, 2.05) is 0 Å². The molecule has 210 valence electrons. The molecule has 2 aromatic rings. The topological polar surface area (TPSA) is 69.0 Å². The van der Waals surface area contributed by atoms with Crippen molar-refractivity contribution in [1.29, 1.82) is 0 Å². The monoisotopic (exact) mass is 552 g/mol. The average Bonchev–Trinajstić information content (AvgIpc) is 3.65. The van der Waals surface area contributed by atoms with E-state index in [0.717, 1.165) is 41.3 Å². The van der Waals surface area contributed by atoms with Gasteiger partial charge in [0, 0.05) is 12.6 Å². The zero-order valence-electron chi connectivity index (χ0n) is 23.0. The molecule has 0 saturated heterocycles. The molecular formula is C31H41FN4O2S. The summed E-state index contributed by atoms with van der Waals surface area (Å²) >= 11 is 1.47. The quantitative estimate of drug-likeness (QED) is 0.345. The first kappa shape index (κ1) is 25.8. The first-order valence-corrected chi connectivity index (χ1v) is 16.1. The number of hydrogen-bond donors (Lipinski definition) is 1. The van der Waals surface area contributed by atoms with Crippen molar-refractivity contribution in [2.75, 3.05) is 12.3 Å². The Hall–Kier alpha value is -2.09. The second-order valence-electron chi connectivity index (χ2n) is 13.6. The summed E-state index contributed by atoms with van der Waals surface area (Å²) in [5.41, 5.74) is 0.336. The van der Waals surface area contributed by atoms with Crippen LogP contribution in [0.25, 0.3) is 0 Å². The molecule has 1 aromatic heterocycles. The van der Waals surface area contributed by atoms with E-state index in [-0.39, 0.29) is 30.1 Å². The first-order valence-electron chi connectivity index (χ1n) is 15.2. The lowest BCUT2D eigenvalue weighted by atomic mass is 9.49. The van der Waals surface area contributed by atoms with Crippen molar-refractivity contribution in [2.45, 2.75) is 88.9 Å². The molecule has 0 aliphatic heterocycles. The van der Waals surface area contributed by atoms with Crippen molar-refractivity contribution in [2.24, 2.45) is 40.9 Å². The summed E-state index contributed by atoms with van der Waals surface area (Å²) in [7, 11) is 0. The van der Waals surface area contributed by atoms with E-state index < -0.39 is 0 Å². The van der Waals surface area contributed by atoms with Crippen LogP contribution in [0.15, 0.2) is 29.4 Å². The highest BCUT2D eigenvalue weighted by Gasteiger charge is 2.50. The third-order valence-electron chi connectivity index (χ3n) is 10.9. The maximum absolute atomic E-state index is 14.2. The molecule has 1 aromatic carbocycles. The van der Waals surface area contributed by atoms with Crippen LogP contribution in [0.4, 0.5) is 4.39 Å². The number of thioether (sulfide) groups is 1. The third kappa shape index (κ3) is 5.11. The molecule has 8 rings (SSSR count). The molecule has 6 aliphatic carbocycles. The van der Waals surface area contributed by atoms with Gasteiger partial charge in [-0.25, -0.2) is 4.39 Å². The summed E-state index contributed by atoms with van der Waals surface area (Å²) in [6.07, 6.45) is 13.4. The molecule has 6 nitrogen and oxygen atoms in total. The number of fused-ring (bicyclic) bond motifs is 2. The van der Waals surface area contributed by atoms with Gasteiger partial charge < -0.3 is 10.1 Å². The largest absolute Gasteiger partial charge is 0.483 e. The summed E-state index contributed by atoms with van der Waals surface area (Å²) in [5, 5.41) is 13.1. The van der Waals surface area contributed by atoms with Gasteiger partial charge in [-0.15, -0.1) is 10.2 Å². The van der Waals surface area contributed by atoms with E-state index in [1.54, 1.807) is 18.2 Å². The van der Waals surface area contributed by atoms with Crippen molar-refractivity contribution in [3.63, 3.8) is 0 Å². The minimum Gasteiger partial charge on any atom is -0.483 e. The molecule has 39 heavy (non-hydrogen) atoms. The van der Waals surface area contributed by atoms with E-state index >= 15 is 0 Å². The minimum atomic E-state index is -0.380. The number of nitrogens with zero attached hydrogens (tertiary/aromatic N) is 3. The second kappa shape index (κ2) is 10.4. The van der Waals surface area contributed by atoms with Gasteiger partial charge in [0.25, 0.3) is 0 Å². The van der Waals surface area contributed by atoms with E-state index in [2.05, 4.69) is 27.0 Å². The van der Waals surface area contributed by atoms with Crippen LogP contribution < -0.4 is 10.1 Å². The Morgan fingerprint density at radius 3 is 2.49 bits per heavy atom. The number of para-hydroxylation sites is 1. The fourth-order valence-electron chi connectivity index (χ4n) is 9.67. The number of carbonyl (C=O) groups is 1. The highest BCUT2D eigenvalue weighted by atomic mass is 32.2. The highest BCUT2D eigenvalue weighted by molar-refractivity contribution is 7.99. The summed E-state index contributed by atoms with van der Waals surface area (Å²) in [4.78, 5) is 13.1. The van der Waals surface area contributed by atoms with E-state index in [1.165, 1.54) is 82.0 Å². The predicted octanol–water partition coefficient (Wildman–Crippen LogP) is 6.42. The van der Waals surface area contributed by atoms with Crippen molar-refractivity contribution >= 4 is 17.7 Å². The highest BCUT2D eigenvalue weighted by Crippen LogP contribution is 2.59. The van der Waals surface area contributed by atoms with Crippen molar-refractivity contribution < 1.29 is 13.9 Å². The van der Waals surface area contributed by atoms with E-state index in [4.69, 9.17) is 4.74 Å². The average molecular weight is 553 g/mol. The number of amides is 1. The molecule has 1 amide bonds. The Balaban J connectivity index is 1.02. The van der Waals surface area contributed by atoms with Crippen LogP contribution in [0.1, 0.15) is 83.0 Å². The second-order valence-corrected chi connectivity index (χ2v) is 14.5. The summed E-state index contributed by atoms with van der Waals surface area (Å²) in [5.74, 6) is 5.78. The fourth-order valence-corrected chi connectivity index (χ4v) is 10.5. The number of halogens is 1. The maximum Gasteiger partial charge on any atom is 0.230 e. The Bertz CT molecular complexity index is 1180. The zero-order valence-corrected chi connectivity index (χ0v) is 23.8. The number of nitrogens with one attached hydrogen (secondary N) is 1. The first-order chi connectivity index (χ1) is 18.9. The predicted molar refractivity (Wildman–Crippen MR) is 149 cm³/mol. The van der Waals surface area contributed by atoms with Gasteiger partial charge in [-0.2, -0.15) is 0 Å². The van der Waals surface area contributed by atoms with Crippen LogP contribution in [0.5, 0.6) is 5.75 Å². The number of rotatable bonds is 10. The maximum atomic E-state index is 14.2. The molecular weight excluding hydrogens is 511 g/mol. The smallest absolute Gasteiger partial charge is 0.230 e. The molecule has 0 radical (unpaired) electrons. The van der Waals surface area contributed by atoms with E-state index in [0.29, 0.717) is 22.9 Å². The number of benzene rings is 1. The summed E-state index contributed by atoms with van der Waals surface area (Å²) < 4.78 is 22.2. The van der Waals surface area contributed by atoms with Crippen LogP contribution in [0, 0.1) is 46.7 Å². The normalized spacial score (nSPS) is 34.9. The Kier molecular flexibility index (Phi) is 6.88. The Labute approximate surface area is 235 Å². The van der Waals surface area contributed by atoms with Crippen LogP contribution in [-0.4, -0.2) is 33.0 Å². The lowest BCUT2D eigenvalue weighted by Gasteiger charge is -2.56. The molecule has 6 fully saturated rings. The number of carbonyl (C=O) groups excluding carboxylic acids is 1. The van der Waals surface area contributed by atoms with Crippen molar-refractivity contribution in [1.82, 2.24) is 20.1 Å². The Morgan fingerprint density at radius 2 is 1.82 bits per heavy atom. The van der Waals surface area contributed by atoms with Crippen molar-refractivity contribution in [3.8, 4) is 5.75 Å². The summed E-state index contributed by atoms with van der Waals surface area (Å²) in [6, 6.07) is 6.68. The van der Waals surface area contributed by atoms with Crippen LogP contribution in [-0.2, 0) is 11.4 Å². The van der Waals surface area contributed by atoms with Crippen molar-refractivity contribution in [3.05, 3.63) is 35.9 Å². The van der Waals surface area contributed by atoms with Gasteiger partial charge in [0.15, 0.2) is 22.5 Å². The number of aromatic nitrogens is 3. The molecule has 1 heterocycles. The SMILES string of the molecule is C[C@H]([C@H]1C[C@H]2CC[C@H]1C2)n1c(COc2ccccc2F)nnc1SCC(=O)NCC12CC3CC(CC(C3)C1)C2. The van der Waals surface area contributed by atoms with Crippen LogP contribution in [0.2, 0.25) is 0 Å². The molecule has 8 heteroatoms. The molecule has 6 bridgehead atoms. The molecule has 0 spiro atoms. The summed E-state index contributed by atoms with van der Waals surface area (Å²) in [6.45, 7) is 3.24. The number of hydrogen-bond acceptors (Lipinski definition) is 5. The van der Waals surface area contributed by atoms with Gasteiger partial charge >= 0.3 is 0 Å². The molecule has 6 saturated carbocycles. The van der Waals surface area contributed by atoms with Crippen LogP contribution in [0.3, 0.4) is 0 Å². The van der Waals surface area contributed by atoms with Gasteiger partial charge in [0.2, 0.25) is 5.91 Å². The zero-order chi connectivity index (χ0) is 26.6. The van der Waals surface area contributed by atoms with Gasteiger partial charge in [0.1, 0.15) is 6.61 Å². The van der Waals surface area contributed by atoms with Crippen LogP contribution >= 0.6 is 11.8 Å². The van der Waals surface area contributed by atoms with Gasteiger partial charge in [-0.05, 0) is 118 Å². The molecule has 6 aliphatic rings. The van der Waals surface area contributed by atoms with Gasteiger partial charge in [0.05, 0.1) is 5.75 Å². The Morgan fingerprint density at radius 1 is 1.08 bits per heavy atom. The number of ether oxygens (including phenoxy) is 1. The standard InChI is InChI=1S/C31H41FN4O2S/c1-19(25-12-20-6-7-24(25)11-20)36-28(16-38-27-5-3-2-4-26(27)32)34-35-30(36)39-17-29(37)33-18-31-13-21-8-22(14-31)10-23(9-21)15-31/h2-5,19-25H,6-18H2,1H3,(H,33,37)/t19-,20+,21?,22?,23?,24+,25-,31?/m1/s1. The van der Waals surface area contributed by atoms with E-state index in [9.17, 15) is 9.18 Å². The molecule has 0 unspecified atom stereocenters. The molecule has 4 atom stereocenters. The minimum absolute atomic E-state index is 0.0852. The lowest BCUT2D eigenvalue weighted by molar-refractivity contribution is -0.120. The lowest BCUT2D eigenvalue weighted by Crippen LogP contribution is -2.51. The van der Waals surface area contributed by atoms with Gasteiger partial charge in [-0.3, -0.25) is 9.36 Å².